The van der Waals surface area contributed by atoms with Crippen LogP contribution >= 0.6 is 11.3 Å². The van der Waals surface area contributed by atoms with Crippen LogP contribution in [0.3, 0.4) is 0 Å². The van der Waals surface area contributed by atoms with Crippen LogP contribution in [0, 0.1) is 12.7 Å². The number of carbonyl (C=O) groups is 1. The van der Waals surface area contributed by atoms with E-state index in [-0.39, 0.29) is 29.5 Å². The van der Waals surface area contributed by atoms with Crippen molar-refractivity contribution in [2.45, 2.75) is 24.8 Å². The van der Waals surface area contributed by atoms with Crippen molar-refractivity contribution in [3.05, 3.63) is 83.9 Å². The monoisotopic (exact) mass is 469 g/mol. The van der Waals surface area contributed by atoms with Crippen LogP contribution in [0.15, 0.2) is 71.8 Å². The van der Waals surface area contributed by atoms with E-state index in [1.165, 1.54) is 28.4 Å². The van der Waals surface area contributed by atoms with Crippen LogP contribution in [-0.2, 0) is 21.2 Å². The highest BCUT2D eigenvalue weighted by Crippen LogP contribution is 2.31. The van der Waals surface area contributed by atoms with Gasteiger partial charge in [-0.05, 0) is 61.0 Å². The number of halogens is 1. The van der Waals surface area contributed by atoms with Gasteiger partial charge in [0, 0.05) is 12.6 Å². The van der Waals surface area contributed by atoms with Crippen molar-refractivity contribution in [3.63, 3.8) is 0 Å². The third-order valence-electron chi connectivity index (χ3n) is 4.87. The van der Waals surface area contributed by atoms with Gasteiger partial charge in [-0.15, -0.1) is 0 Å². The summed E-state index contributed by atoms with van der Waals surface area (Å²) in [6, 6.07) is 15.8. The average molecular weight is 470 g/mol. The van der Waals surface area contributed by atoms with Gasteiger partial charge < -0.3 is 0 Å². The fourth-order valence-electron chi connectivity index (χ4n) is 3.17. The zero-order valence-electron chi connectivity index (χ0n) is 17.2. The number of amides is 1. The Morgan fingerprint density at radius 3 is 2.59 bits per heavy atom. The number of anilines is 1. The molecule has 0 saturated heterocycles. The van der Waals surface area contributed by atoms with E-state index in [0.717, 1.165) is 27.9 Å². The Morgan fingerprint density at radius 1 is 1.09 bits per heavy atom. The molecular formula is C23H20FN3O3S2. The number of sulfone groups is 1. The Labute approximate surface area is 189 Å². The molecule has 0 unspecified atom stereocenters. The summed E-state index contributed by atoms with van der Waals surface area (Å²) < 4.78 is 39.3. The molecule has 0 aliphatic rings. The highest BCUT2D eigenvalue weighted by atomic mass is 32.2. The normalized spacial score (nSPS) is 11.6. The van der Waals surface area contributed by atoms with Gasteiger partial charge in [0.1, 0.15) is 5.82 Å². The van der Waals surface area contributed by atoms with Crippen molar-refractivity contribution in [2.24, 2.45) is 0 Å². The maximum absolute atomic E-state index is 13.2. The van der Waals surface area contributed by atoms with E-state index in [2.05, 4.69) is 9.97 Å². The van der Waals surface area contributed by atoms with Crippen LogP contribution < -0.4 is 4.90 Å². The quantitative estimate of drug-likeness (QED) is 0.371. The second kappa shape index (κ2) is 9.13. The predicted molar refractivity (Wildman–Crippen MR) is 123 cm³/mol. The Kier molecular flexibility index (Phi) is 6.29. The van der Waals surface area contributed by atoms with Gasteiger partial charge in [-0.3, -0.25) is 14.7 Å². The second-order valence-electron chi connectivity index (χ2n) is 7.29. The maximum Gasteiger partial charge on any atom is 0.230 e. The minimum Gasteiger partial charge on any atom is -0.282 e. The number of carbonyl (C=O) groups excluding carboxylic acids is 1. The Morgan fingerprint density at radius 2 is 1.88 bits per heavy atom. The van der Waals surface area contributed by atoms with Crippen LogP contribution in [0.4, 0.5) is 9.52 Å². The van der Waals surface area contributed by atoms with Gasteiger partial charge in [-0.25, -0.2) is 17.8 Å². The molecule has 0 bridgehead atoms. The van der Waals surface area contributed by atoms with Crippen LogP contribution in [0.5, 0.6) is 0 Å². The Balaban J connectivity index is 1.60. The minimum absolute atomic E-state index is 0.0153. The third kappa shape index (κ3) is 5.00. The average Bonchev–Trinajstić information content (AvgIpc) is 3.19. The van der Waals surface area contributed by atoms with E-state index in [4.69, 9.17) is 0 Å². The van der Waals surface area contributed by atoms with Gasteiger partial charge in [0.2, 0.25) is 5.91 Å². The summed E-state index contributed by atoms with van der Waals surface area (Å²) in [5, 5.41) is 0.487. The van der Waals surface area contributed by atoms with E-state index in [1.54, 1.807) is 18.3 Å². The zero-order valence-corrected chi connectivity index (χ0v) is 18.9. The first-order valence-electron chi connectivity index (χ1n) is 9.88. The molecule has 4 aromatic rings. The molecule has 6 nitrogen and oxygen atoms in total. The van der Waals surface area contributed by atoms with Gasteiger partial charge in [-0.1, -0.05) is 23.5 Å². The summed E-state index contributed by atoms with van der Waals surface area (Å²) in [7, 11) is -3.74. The smallest absolute Gasteiger partial charge is 0.230 e. The fraction of sp³-hybridized carbons (Fsp3) is 0.174. The van der Waals surface area contributed by atoms with Gasteiger partial charge in [-0.2, -0.15) is 0 Å². The molecule has 9 heteroatoms. The van der Waals surface area contributed by atoms with Gasteiger partial charge >= 0.3 is 0 Å². The molecule has 0 radical (unpaired) electrons. The number of thiazole rings is 1. The summed E-state index contributed by atoms with van der Waals surface area (Å²) in [6.07, 6.45) is 1.40. The number of aryl methyl sites for hydroxylation is 1. The van der Waals surface area contributed by atoms with E-state index in [0.29, 0.717) is 10.8 Å². The first-order chi connectivity index (χ1) is 15.3. The second-order valence-corrected chi connectivity index (χ2v) is 10.4. The molecule has 32 heavy (non-hydrogen) atoms. The molecule has 2 aromatic carbocycles. The number of hydrogen-bond acceptors (Lipinski definition) is 6. The highest BCUT2D eigenvalue weighted by Gasteiger charge is 2.24. The van der Waals surface area contributed by atoms with Crippen molar-refractivity contribution < 1.29 is 17.6 Å². The first kappa shape index (κ1) is 22.0. The molecule has 0 atom stereocenters. The predicted octanol–water partition coefficient (Wildman–Crippen LogP) is 4.54. The lowest BCUT2D eigenvalue weighted by molar-refractivity contribution is -0.118. The molecule has 0 fully saturated rings. The molecule has 0 N–H and O–H groups in total. The van der Waals surface area contributed by atoms with Gasteiger partial charge in [0.05, 0.1) is 33.1 Å². The molecule has 164 valence electrons. The van der Waals surface area contributed by atoms with Crippen molar-refractivity contribution in [1.82, 2.24) is 9.97 Å². The molecule has 0 saturated carbocycles. The molecule has 0 aliphatic heterocycles. The van der Waals surface area contributed by atoms with Crippen molar-refractivity contribution in [3.8, 4) is 0 Å². The summed E-state index contributed by atoms with van der Waals surface area (Å²) in [6.45, 7) is 2.16. The lowest BCUT2D eigenvalue weighted by atomic mass is 10.2. The summed E-state index contributed by atoms with van der Waals surface area (Å²) >= 11 is 1.37. The summed E-state index contributed by atoms with van der Waals surface area (Å²) in [4.78, 5) is 23.5. The molecule has 4 rings (SSSR count). The lowest BCUT2D eigenvalue weighted by Gasteiger charge is -2.19. The fourth-order valence-corrected chi connectivity index (χ4v) is 5.48. The van der Waals surface area contributed by atoms with Crippen molar-refractivity contribution >= 4 is 42.4 Å². The van der Waals surface area contributed by atoms with Crippen LogP contribution in [0.25, 0.3) is 10.2 Å². The topological polar surface area (TPSA) is 80.2 Å². The number of aromatic nitrogens is 2. The highest BCUT2D eigenvalue weighted by molar-refractivity contribution is 7.91. The van der Waals surface area contributed by atoms with E-state index >= 15 is 0 Å². The van der Waals surface area contributed by atoms with E-state index in [9.17, 15) is 17.6 Å². The third-order valence-corrected chi connectivity index (χ3v) is 7.64. The van der Waals surface area contributed by atoms with Crippen molar-refractivity contribution in [1.29, 1.82) is 0 Å². The molecule has 2 aromatic heterocycles. The number of benzene rings is 2. The first-order valence-corrected chi connectivity index (χ1v) is 12.3. The molecule has 2 heterocycles. The van der Waals surface area contributed by atoms with E-state index < -0.39 is 15.7 Å². The number of pyridine rings is 1. The Bertz CT molecular complexity index is 1350. The summed E-state index contributed by atoms with van der Waals surface area (Å²) in [5.41, 5.74) is 2.52. The number of hydrogen-bond donors (Lipinski definition) is 0. The standard InChI is InChI=1S/C23H20FN3O3S2/c1-16-5-10-20-21(14-16)31-23(26-20)27(15-18-4-2-3-12-25-18)22(28)11-13-32(29,30)19-8-6-17(24)7-9-19/h2-10,12,14H,11,13,15H2,1H3. The molecule has 0 spiro atoms. The minimum atomic E-state index is -3.74. The largest absolute Gasteiger partial charge is 0.282 e. The maximum atomic E-state index is 13.2. The SMILES string of the molecule is Cc1ccc2nc(N(Cc3ccccn3)C(=O)CCS(=O)(=O)c3ccc(F)cc3)sc2c1. The van der Waals surface area contributed by atoms with Crippen LogP contribution in [-0.4, -0.2) is 30.0 Å². The Hall–Kier alpha value is -3.17. The van der Waals surface area contributed by atoms with Crippen molar-refractivity contribution in [2.75, 3.05) is 10.7 Å². The molecule has 1 amide bonds. The molecule has 0 aliphatic carbocycles. The summed E-state index contributed by atoms with van der Waals surface area (Å²) in [5.74, 6) is -1.29. The van der Waals surface area contributed by atoms with Crippen LogP contribution in [0.1, 0.15) is 17.7 Å². The number of fused-ring (bicyclic) bond motifs is 1. The van der Waals surface area contributed by atoms with Crippen LogP contribution in [0.2, 0.25) is 0 Å². The molecular weight excluding hydrogens is 449 g/mol. The number of rotatable bonds is 7. The lowest BCUT2D eigenvalue weighted by Crippen LogP contribution is -2.32. The van der Waals surface area contributed by atoms with Gasteiger partial charge in [0.15, 0.2) is 15.0 Å². The zero-order chi connectivity index (χ0) is 22.7. The number of nitrogens with zero attached hydrogens (tertiary/aromatic N) is 3. The van der Waals surface area contributed by atoms with E-state index in [1.807, 2.05) is 31.2 Å². The van der Waals surface area contributed by atoms with Gasteiger partial charge in [0.25, 0.3) is 0 Å².